The molecule has 0 aromatic heterocycles. The molecule has 1 heterocycles. The van der Waals surface area contributed by atoms with E-state index in [9.17, 15) is 12.8 Å². The Morgan fingerprint density at radius 1 is 1.37 bits per heavy atom. The van der Waals surface area contributed by atoms with Crippen molar-refractivity contribution in [1.82, 2.24) is 10.0 Å². The Kier molecular flexibility index (Phi) is 4.54. The molecule has 0 bridgehead atoms. The standard InChI is InChI=1S/C13H19FN2O2S/c1-10(11-5-7-15-8-6-11)16-19(17,18)13-4-2-3-12(14)9-13/h2-4,9-11,15-16H,5-8H2,1H3. The average Bonchev–Trinajstić information content (AvgIpc) is 2.39. The van der Waals surface area contributed by atoms with Crippen LogP contribution in [0, 0.1) is 11.7 Å². The quantitative estimate of drug-likeness (QED) is 0.881. The summed E-state index contributed by atoms with van der Waals surface area (Å²) in [4.78, 5) is -0.0201. The van der Waals surface area contributed by atoms with Crippen molar-refractivity contribution in [3.8, 4) is 0 Å². The Balaban J connectivity index is 2.08. The van der Waals surface area contributed by atoms with Gasteiger partial charge in [-0.05, 0) is 57.0 Å². The molecule has 1 aliphatic rings. The van der Waals surface area contributed by atoms with Crippen molar-refractivity contribution in [3.05, 3.63) is 30.1 Å². The zero-order valence-electron chi connectivity index (χ0n) is 10.9. The monoisotopic (exact) mass is 286 g/mol. The third-order valence-corrected chi connectivity index (χ3v) is 5.09. The van der Waals surface area contributed by atoms with Gasteiger partial charge in [-0.15, -0.1) is 0 Å². The van der Waals surface area contributed by atoms with Crippen molar-refractivity contribution in [2.24, 2.45) is 5.92 Å². The van der Waals surface area contributed by atoms with Crippen LogP contribution in [0.1, 0.15) is 19.8 Å². The Morgan fingerprint density at radius 3 is 2.68 bits per heavy atom. The van der Waals surface area contributed by atoms with E-state index >= 15 is 0 Å². The number of hydrogen-bond donors (Lipinski definition) is 2. The molecule has 0 saturated carbocycles. The minimum Gasteiger partial charge on any atom is -0.317 e. The number of nitrogens with one attached hydrogen (secondary N) is 2. The largest absolute Gasteiger partial charge is 0.317 e. The normalized spacial score (nSPS) is 19.3. The first-order valence-corrected chi connectivity index (χ1v) is 7.96. The van der Waals surface area contributed by atoms with Gasteiger partial charge in [0.05, 0.1) is 4.90 Å². The molecule has 1 aromatic carbocycles. The second kappa shape index (κ2) is 5.98. The summed E-state index contributed by atoms with van der Waals surface area (Å²) >= 11 is 0. The van der Waals surface area contributed by atoms with E-state index in [1.165, 1.54) is 18.2 Å². The van der Waals surface area contributed by atoms with E-state index in [0.29, 0.717) is 5.92 Å². The van der Waals surface area contributed by atoms with Crippen LogP contribution in [0.15, 0.2) is 29.2 Å². The van der Waals surface area contributed by atoms with Crippen LogP contribution >= 0.6 is 0 Å². The number of rotatable bonds is 4. The van der Waals surface area contributed by atoms with Crippen molar-refractivity contribution in [2.45, 2.75) is 30.7 Å². The number of sulfonamides is 1. The summed E-state index contributed by atoms with van der Waals surface area (Å²) in [5, 5.41) is 3.24. The molecule has 1 aromatic rings. The highest BCUT2D eigenvalue weighted by atomic mass is 32.2. The van der Waals surface area contributed by atoms with Crippen LogP contribution < -0.4 is 10.0 Å². The molecule has 1 unspecified atom stereocenters. The topological polar surface area (TPSA) is 58.2 Å². The van der Waals surface area contributed by atoms with Crippen LogP contribution in [0.3, 0.4) is 0 Å². The number of hydrogen-bond acceptors (Lipinski definition) is 3. The summed E-state index contributed by atoms with van der Waals surface area (Å²) in [7, 11) is -3.64. The van der Waals surface area contributed by atoms with E-state index in [1.807, 2.05) is 6.92 Å². The lowest BCUT2D eigenvalue weighted by atomic mass is 9.92. The fourth-order valence-electron chi connectivity index (χ4n) is 2.39. The van der Waals surface area contributed by atoms with Crippen molar-refractivity contribution < 1.29 is 12.8 Å². The second-order valence-corrected chi connectivity index (χ2v) is 6.67. The Bertz CT molecular complexity index is 527. The molecule has 4 nitrogen and oxygen atoms in total. The fraction of sp³-hybridized carbons (Fsp3) is 0.538. The highest BCUT2D eigenvalue weighted by molar-refractivity contribution is 7.89. The van der Waals surface area contributed by atoms with Gasteiger partial charge in [0.1, 0.15) is 5.82 Å². The molecule has 1 saturated heterocycles. The molecule has 2 N–H and O–H groups in total. The van der Waals surface area contributed by atoms with Crippen molar-refractivity contribution >= 4 is 10.0 Å². The maximum Gasteiger partial charge on any atom is 0.240 e. The summed E-state index contributed by atoms with van der Waals surface area (Å²) < 4.78 is 40.0. The van der Waals surface area contributed by atoms with Gasteiger partial charge in [0, 0.05) is 6.04 Å². The summed E-state index contributed by atoms with van der Waals surface area (Å²) in [6.07, 6.45) is 1.90. The van der Waals surface area contributed by atoms with Gasteiger partial charge in [0.25, 0.3) is 0 Å². The summed E-state index contributed by atoms with van der Waals surface area (Å²) in [5.74, 6) is -0.220. The number of benzene rings is 1. The molecule has 1 atom stereocenters. The van der Waals surface area contributed by atoms with E-state index in [4.69, 9.17) is 0 Å². The summed E-state index contributed by atoms with van der Waals surface area (Å²) in [5.41, 5.74) is 0. The maximum absolute atomic E-state index is 13.1. The van der Waals surface area contributed by atoms with Gasteiger partial charge < -0.3 is 5.32 Å². The molecule has 2 rings (SSSR count). The fourth-order valence-corrected chi connectivity index (χ4v) is 3.73. The van der Waals surface area contributed by atoms with Crippen LogP contribution in [0.4, 0.5) is 4.39 Å². The van der Waals surface area contributed by atoms with Gasteiger partial charge in [-0.25, -0.2) is 17.5 Å². The molecule has 0 radical (unpaired) electrons. The summed E-state index contributed by atoms with van der Waals surface area (Å²) in [6, 6.07) is 4.93. The van der Waals surface area contributed by atoms with Crippen LogP contribution in [0.25, 0.3) is 0 Å². The molecule has 6 heteroatoms. The SMILES string of the molecule is CC(NS(=O)(=O)c1cccc(F)c1)C1CCNCC1. The predicted octanol–water partition coefficient (Wildman–Crippen LogP) is 1.49. The van der Waals surface area contributed by atoms with E-state index in [-0.39, 0.29) is 10.9 Å². The Labute approximate surface area is 113 Å². The molecule has 0 spiro atoms. The molecule has 1 aliphatic heterocycles. The molecule has 0 amide bonds. The first-order chi connectivity index (χ1) is 8.99. The molecular weight excluding hydrogens is 267 g/mol. The lowest BCUT2D eigenvalue weighted by Crippen LogP contribution is -2.42. The van der Waals surface area contributed by atoms with E-state index in [0.717, 1.165) is 32.0 Å². The third-order valence-electron chi connectivity index (χ3n) is 3.54. The Hall–Kier alpha value is -0.980. The minimum absolute atomic E-state index is 0.0201. The lowest BCUT2D eigenvalue weighted by Gasteiger charge is -2.28. The molecule has 106 valence electrons. The van der Waals surface area contributed by atoms with E-state index in [2.05, 4.69) is 10.0 Å². The number of piperidine rings is 1. The lowest BCUT2D eigenvalue weighted by molar-refractivity contribution is 0.316. The molecule has 1 fully saturated rings. The zero-order chi connectivity index (χ0) is 13.9. The average molecular weight is 286 g/mol. The highest BCUT2D eigenvalue weighted by Gasteiger charge is 2.25. The second-order valence-electron chi connectivity index (χ2n) is 4.95. The van der Waals surface area contributed by atoms with Gasteiger partial charge >= 0.3 is 0 Å². The van der Waals surface area contributed by atoms with Crippen molar-refractivity contribution in [2.75, 3.05) is 13.1 Å². The highest BCUT2D eigenvalue weighted by Crippen LogP contribution is 2.18. The van der Waals surface area contributed by atoms with Crippen LogP contribution in [-0.2, 0) is 10.0 Å². The van der Waals surface area contributed by atoms with E-state index in [1.54, 1.807) is 0 Å². The first-order valence-electron chi connectivity index (χ1n) is 6.47. The smallest absolute Gasteiger partial charge is 0.240 e. The molecular formula is C13H19FN2O2S. The van der Waals surface area contributed by atoms with E-state index < -0.39 is 15.8 Å². The van der Waals surface area contributed by atoms with Gasteiger partial charge in [0.15, 0.2) is 0 Å². The van der Waals surface area contributed by atoms with Crippen molar-refractivity contribution in [3.63, 3.8) is 0 Å². The minimum atomic E-state index is -3.64. The van der Waals surface area contributed by atoms with Crippen LogP contribution in [0.2, 0.25) is 0 Å². The third kappa shape index (κ3) is 3.75. The molecule has 0 aliphatic carbocycles. The number of halogens is 1. The van der Waals surface area contributed by atoms with Gasteiger partial charge in [0.2, 0.25) is 10.0 Å². The summed E-state index contributed by atoms with van der Waals surface area (Å²) in [6.45, 7) is 3.69. The van der Waals surface area contributed by atoms with Crippen LogP contribution in [-0.4, -0.2) is 27.5 Å². The molecule has 19 heavy (non-hydrogen) atoms. The Morgan fingerprint density at radius 2 is 2.05 bits per heavy atom. The van der Waals surface area contributed by atoms with Gasteiger partial charge in [-0.3, -0.25) is 0 Å². The van der Waals surface area contributed by atoms with Gasteiger partial charge in [-0.2, -0.15) is 0 Å². The van der Waals surface area contributed by atoms with Crippen LogP contribution in [0.5, 0.6) is 0 Å². The zero-order valence-corrected chi connectivity index (χ0v) is 11.7. The van der Waals surface area contributed by atoms with Gasteiger partial charge in [-0.1, -0.05) is 6.07 Å². The predicted molar refractivity (Wildman–Crippen MR) is 71.8 cm³/mol. The maximum atomic E-state index is 13.1. The first kappa shape index (κ1) is 14.4. The van der Waals surface area contributed by atoms with Crippen molar-refractivity contribution in [1.29, 1.82) is 0 Å².